The highest BCUT2D eigenvalue weighted by Gasteiger charge is 2.31. The summed E-state index contributed by atoms with van der Waals surface area (Å²) in [4.78, 5) is 0. The molecule has 0 heterocycles. The van der Waals surface area contributed by atoms with Gasteiger partial charge in [0.15, 0.2) is 0 Å². The molecule has 18 heavy (non-hydrogen) atoms. The van der Waals surface area contributed by atoms with Crippen molar-refractivity contribution in [2.75, 3.05) is 0 Å². The van der Waals surface area contributed by atoms with E-state index in [0.29, 0.717) is 0 Å². The second-order valence-corrected chi connectivity index (χ2v) is 6.40. The van der Waals surface area contributed by atoms with Gasteiger partial charge in [-0.2, -0.15) is 0 Å². The van der Waals surface area contributed by atoms with Crippen LogP contribution in [0.25, 0.3) is 0 Å². The fourth-order valence-electron chi connectivity index (χ4n) is 2.87. The van der Waals surface area contributed by atoms with Crippen molar-refractivity contribution in [3.05, 3.63) is 34.3 Å². The molecule has 1 aliphatic rings. The van der Waals surface area contributed by atoms with Crippen LogP contribution in [0.1, 0.15) is 57.4 Å². The molecule has 2 rings (SSSR count). The fourth-order valence-corrected chi connectivity index (χ4v) is 3.29. The Hall–Kier alpha value is -0.340. The van der Waals surface area contributed by atoms with E-state index in [9.17, 15) is 0 Å². The lowest BCUT2D eigenvalue weighted by Crippen LogP contribution is -2.45. The first-order valence-electron chi connectivity index (χ1n) is 7.24. The van der Waals surface area contributed by atoms with Crippen molar-refractivity contribution < 1.29 is 0 Å². The zero-order valence-electron chi connectivity index (χ0n) is 11.5. The van der Waals surface area contributed by atoms with Crippen molar-refractivity contribution in [1.29, 1.82) is 0 Å². The van der Waals surface area contributed by atoms with Crippen molar-refractivity contribution >= 4 is 15.9 Å². The molecule has 0 radical (unpaired) electrons. The summed E-state index contributed by atoms with van der Waals surface area (Å²) in [6.45, 7) is 4.56. The summed E-state index contributed by atoms with van der Waals surface area (Å²) in [5, 5.41) is 3.81. The van der Waals surface area contributed by atoms with Crippen LogP contribution in [-0.4, -0.2) is 12.1 Å². The first-order valence-corrected chi connectivity index (χ1v) is 8.03. The highest BCUT2D eigenvalue weighted by Crippen LogP contribution is 2.38. The van der Waals surface area contributed by atoms with Crippen molar-refractivity contribution in [2.45, 2.75) is 64.0 Å². The molecule has 1 aromatic rings. The maximum absolute atomic E-state index is 3.81. The van der Waals surface area contributed by atoms with Crippen LogP contribution in [0.15, 0.2) is 28.7 Å². The van der Waals surface area contributed by atoms with Gasteiger partial charge >= 0.3 is 0 Å². The van der Waals surface area contributed by atoms with Gasteiger partial charge in [-0.15, -0.1) is 0 Å². The number of benzene rings is 1. The van der Waals surface area contributed by atoms with E-state index in [-0.39, 0.29) is 0 Å². The Morgan fingerprint density at radius 1 is 1.33 bits per heavy atom. The molecule has 0 spiro atoms. The number of hydrogen-bond donors (Lipinski definition) is 1. The van der Waals surface area contributed by atoms with E-state index in [1.807, 2.05) is 0 Å². The van der Waals surface area contributed by atoms with Crippen LogP contribution in [0.4, 0.5) is 0 Å². The Kier molecular flexibility index (Phi) is 5.25. The molecule has 1 atom stereocenters. The Labute approximate surface area is 119 Å². The molecule has 1 fully saturated rings. The Morgan fingerprint density at radius 3 is 2.72 bits per heavy atom. The molecule has 0 bridgehead atoms. The summed E-state index contributed by atoms with van der Waals surface area (Å²) >= 11 is 3.56. The van der Waals surface area contributed by atoms with Crippen molar-refractivity contribution in [3.63, 3.8) is 0 Å². The molecule has 2 heteroatoms. The maximum atomic E-state index is 3.81. The predicted molar refractivity (Wildman–Crippen MR) is 82.0 cm³/mol. The van der Waals surface area contributed by atoms with Gasteiger partial charge in [0.05, 0.1) is 0 Å². The van der Waals surface area contributed by atoms with Gasteiger partial charge < -0.3 is 5.32 Å². The number of halogens is 1. The number of nitrogens with one attached hydrogen (secondary N) is 1. The summed E-state index contributed by atoms with van der Waals surface area (Å²) in [5.41, 5.74) is 1.49. The van der Waals surface area contributed by atoms with Crippen LogP contribution in [0.3, 0.4) is 0 Å². The molecule has 1 aromatic carbocycles. The van der Waals surface area contributed by atoms with E-state index in [1.165, 1.54) is 42.1 Å². The van der Waals surface area contributed by atoms with Crippen LogP contribution in [0, 0.1) is 0 Å². The van der Waals surface area contributed by atoms with E-state index in [0.717, 1.165) is 18.0 Å². The van der Waals surface area contributed by atoms with E-state index >= 15 is 0 Å². The summed E-state index contributed by atoms with van der Waals surface area (Å²) in [6, 6.07) is 10.2. The molecule has 1 unspecified atom stereocenters. The largest absolute Gasteiger partial charge is 0.311 e. The van der Waals surface area contributed by atoms with Gasteiger partial charge in [0, 0.05) is 16.6 Å². The van der Waals surface area contributed by atoms with E-state index < -0.39 is 0 Å². The minimum atomic E-state index is 0.725. The zero-order valence-corrected chi connectivity index (χ0v) is 13.0. The summed E-state index contributed by atoms with van der Waals surface area (Å²) < 4.78 is 1.20. The molecule has 0 saturated heterocycles. The molecular weight excluding hydrogens is 286 g/mol. The van der Waals surface area contributed by atoms with Crippen molar-refractivity contribution in [2.24, 2.45) is 0 Å². The van der Waals surface area contributed by atoms with Crippen LogP contribution in [0.2, 0.25) is 0 Å². The van der Waals surface area contributed by atoms with Crippen LogP contribution in [-0.2, 0) is 0 Å². The fraction of sp³-hybridized carbons (Fsp3) is 0.625. The third-order valence-corrected chi connectivity index (χ3v) is 4.55. The van der Waals surface area contributed by atoms with Crippen LogP contribution < -0.4 is 5.32 Å². The lowest BCUT2D eigenvalue weighted by molar-refractivity contribution is 0.255. The minimum absolute atomic E-state index is 0.725. The molecule has 1 N–H and O–H groups in total. The minimum Gasteiger partial charge on any atom is -0.311 e. The monoisotopic (exact) mass is 309 g/mol. The quantitative estimate of drug-likeness (QED) is 0.791. The lowest BCUT2D eigenvalue weighted by atomic mass is 9.75. The average molecular weight is 310 g/mol. The standard InChI is InChI=1S/C16H24BrN/c1-3-6-15(4-2)18-16-10-13(11-16)12-7-5-8-14(17)9-12/h5,7-9,13,15-16,18H,3-4,6,10-11H2,1-2H3. The first kappa shape index (κ1) is 14.1. The van der Waals surface area contributed by atoms with E-state index in [1.54, 1.807) is 0 Å². The molecule has 0 aromatic heterocycles. The second kappa shape index (κ2) is 6.72. The zero-order chi connectivity index (χ0) is 13.0. The number of hydrogen-bond acceptors (Lipinski definition) is 1. The summed E-state index contributed by atoms with van der Waals surface area (Å²) in [7, 11) is 0. The van der Waals surface area contributed by atoms with Gasteiger partial charge in [-0.1, -0.05) is 48.3 Å². The molecular formula is C16H24BrN. The predicted octanol–water partition coefficient (Wildman–Crippen LogP) is 4.86. The molecule has 100 valence electrons. The first-order chi connectivity index (χ1) is 8.72. The average Bonchev–Trinajstić information content (AvgIpc) is 2.31. The highest BCUT2D eigenvalue weighted by molar-refractivity contribution is 9.10. The lowest BCUT2D eigenvalue weighted by Gasteiger charge is -2.38. The highest BCUT2D eigenvalue weighted by atomic mass is 79.9. The van der Waals surface area contributed by atoms with Crippen molar-refractivity contribution in [3.8, 4) is 0 Å². The van der Waals surface area contributed by atoms with Gasteiger partial charge in [-0.25, -0.2) is 0 Å². The van der Waals surface area contributed by atoms with Gasteiger partial charge in [0.25, 0.3) is 0 Å². The summed E-state index contributed by atoms with van der Waals surface area (Å²) in [5.74, 6) is 0.763. The molecule has 1 aliphatic carbocycles. The number of rotatable bonds is 6. The topological polar surface area (TPSA) is 12.0 Å². The molecule has 0 amide bonds. The smallest absolute Gasteiger partial charge is 0.0178 e. The molecule has 0 aliphatic heterocycles. The Bertz CT molecular complexity index is 371. The van der Waals surface area contributed by atoms with Gasteiger partial charge in [0.1, 0.15) is 0 Å². The van der Waals surface area contributed by atoms with Gasteiger partial charge in [0.2, 0.25) is 0 Å². The van der Waals surface area contributed by atoms with Gasteiger partial charge in [-0.3, -0.25) is 0 Å². The SMILES string of the molecule is CCCC(CC)NC1CC(c2cccc(Br)c2)C1. The normalized spacial score (nSPS) is 24.6. The molecule has 1 nitrogen and oxygen atoms in total. The van der Waals surface area contributed by atoms with Crippen LogP contribution in [0.5, 0.6) is 0 Å². The van der Waals surface area contributed by atoms with Crippen LogP contribution >= 0.6 is 15.9 Å². The Balaban J connectivity index is 1.80. The molecule has 1 saturated carbocycles. The van der Waals surface area contributed by atoms with Crippen molar-refractivity contribution in [1.82, 2.24) is 5.32 Å². The third kappa shape index (κ3) is 3.58. The second-order valence-electron chi connectivity index (χ2n) is 5.48. The van der Waals surface area contributed by atoms with E-state index in [2.05, 4.69) is 59.4 Å². The Morgan fingerprint density at radius 2 is 2.11 bits per heavy atom. The summed E-state index contributed by atoms with van der Waals surface area (Å²) in [6.07, 6.45) is 6.46. The van der Waals surface area contributed by atoms with Gasteiger partial charge in [-0.05, 0) is 49.3 Å². The maximum Gasteiger partial charge on any atom is 0.0178 e. The third-order valence-electron chi connectivity index (χ3n) is 4.06. The van der Waals surface area contributed by atoms with E-state index in [4.69, 9.17) is 0 Å².